The van der Waals surface area contributed by atoms with Gasteiger partial charge in [0.15, 0.2) is 0 Å². The Bertz CT molecular complexity index is 1120. The fraction of sp³-hybridized carbons (Fsp3) is 0.130. The quantitative estimate of drug-likeness (QED) is 0.510. The maximum absolute atomic E-state index is 5.17. The summed E-state index contributed by atoms with van der Waals surface area (Å²) in [5.74, 6) is 7.23. The van der Waals surface area contributed by atoms with Crippen molar-refractivity contribution in [3.63, 3.8) is 0 Å². The van der Waals surface area contributed by atoms with E-state index in [1.165, 1.54) is 5.56 Å². The van der Waals surface area contributed by atoms with E-state index in [2.05, 4.69) is 46.2 Å². The van der Waals surface area contributed by atoms with Crippen molar-refractivity contribution in [2.24, 2.45) is 0 Å². The van der Waals surface area contributed by atoms with Crippen LogP contribution in [0, 0.1) is 11.8 Å². The van der Waals surface area contributed by atoms with Crippen molar-refractivity contribution in [3.05, 3.63) is 84.4 Å². The summed E-state index contributed by atoms with van der Waals surface area (Å²) >= 11 is 0. The number of fused-ring (bicyclic) bond motifs is 1. The van der Waals surface area contributed by atoms with Gasteiger partial charge in [-0.2, -0.15) is 5.10 Å². The van der Waals surface area contributed by atoms with Crippen molar-refractivity contribution in [3.8, 4) is 23.3 Å². The van der Waals surface area contributed by atoms with Gasteiger partial charge in [-0.3, -0.25) is 4.98 Å². The molecule has 0 saturated heterocycles. The van der Waals surface area contributed by atoms with Gasteiger partial charge in [0.2, 0.25) is 0 Å². The lowest BCUT2D eigenvalue weighted by molar-refractivity contribution is 0.414. The highest BCUT2D eigenvalue weighted by molar-refractivity contribution is 5.83. The van der Waals surface area contributed by atoms with Gasteiger partial charge in [-0.15, -0.1) is 0 Å². The van der Waals surface area contributed by atoms with Crippen LogP contribution in [0.4, 0.5) is 0 Å². The van der Waals surface area contributed by atoms with Crippen LogP contribution in [0.5, 0.6) is 5.75 Å². The van der Waals surface area contributed by atoms with E-state index in [9.17, 15) is 0 Å². The molecule has 0 spiro atoms. The zero-order valence-electron chi connectivity index (χ0n) is 15.1. The Morgan fingerprint density at radius 1 is 1.00 bits per heavy atom. The van der Waals surface area contributed by atoms with E-state index < -0.39 is 0 Å². The summed E-state index contributed by atoms with van der Waals surface area (Å²) in [6.45, 7) is 0. The smallest absolute Gasteiger partial charge is 0.135 e. The highest BCUT2D eigenvalue weighted by Gasteiger charge is 2.01. The summed E-state index contributed by atoms with van der Waals surface area (Å²) in [4.78, 5) is 4.14. The number of methoxy groups -OCH3 is 1. The Hall–Kier alpha value is -3.58. The third-order valence-electron chi connectivity index (χ3n) is 4.39. The molecular formula is C23H19N3O. The summed E-state index contributed by atoms with van der Waals surface area (Å²) in [5, 5.41) is 6.83. The number of hydrogen-bond acceptors (Lipinski definition) is 3. The second kappa shape index (κ2) is 7.76. The molecule has 0 saturated carbocycles. The fourth-order valence-corrected chi connectivity index (χ4v) is 2.90. The molecule has 0 fully saturated rings. The summed E-state index contributed by atoms with van der Waals surface area (Å²) in [5.41, 5.74) is 3.04. The van der Waals surface area contributed by atoms with Gasteiger partial charge in [-0.25, -0.2) is 4.68 Å². The van der Waals surface area contributed by atoms with Crippen molar-refractivity contribution >= 4 is 10.8 Å². The third-order valence-corrected chi connectivity index (χ3v) is 4.39. The zero-order chi connectivity index (χ0) is 18.5. The van der Waals surface area contributed by atoms with Gasteiger partial charge in [0.05, 0.1) is 12.8 Å². The highest BCUT2D eigenvalue weighted by atomic mass is 16.5. The molecule has 27 heavy (non-hydrogen) atoms. The van der Waals surface area contributed by atoms with Crippen LogP contribution in [-0.4, -0.2) is 21.9 Å². The number of ether oxygens (including phenoxy) is 1. The van der Waals surface area contributed by atoms with Crippen LogP contribution in [-0.2, 0) is 6.42 Å². The number of aryl methyl sites for hydroxylation is 1. The maximum atomic E-state index is 5.17. The largest absolute Gasteiger partial charge is 0.497 e. The van der Waals surface area contributed by atoms with E-state index >= 15 is 0 Å². The van der Waals surface area contributed by atoms with Gasteiger partial charge in [0, 0.05) is 30.4 Å². The average Bonchev–Trinajstić information content (AvgIpc) is 3.20. The van der Waals surface area contributed by atoms with Crippen molar-refractivity contribution in [2.75, 3.05) is 7.11 Å². The fourth-order valence-electron chi connectivity index (χ4n) is 2.90. The molecule has 0 bridgehead atoms. The van der Waals surface area contributed by atoms with Crippen LogP contribution in [0.15, 0.2) is 73.2 Å². The van der Waals surface area contributed by atoms with Crippen molar-refractivity contribution in [1.82, 2.24) is 14.8 Å². The standard InChI is InChI=1S/C23H19N3O/c1-27-23-10-6-18(7-11-23)4-2-3-5-21-13-15-26(25-21)22-9-8-20-17-24-14-12-19(20)16-22/h6-17H,2,4H2,1H3. The lowest BCUT2D eigenvalue weighted by Gasteiger charge is -2.03. The highest BCUT2D eigenvalue weighted by Crippen LogP contribution is 2.17. The Balaban J connectivity index is 1.42. The Morgan fingerprint density at radius 3 is 2.74 bits per heavy atom. The number of nitrogens with zero attached hydrogens (tertiary/aromatic N) is 3. The maximum Gasteiger partial charge on any atom is 0.135 e. The van der Waals surface area contributed by atoms with Gasteiger partial charge in [-0.1, -0.05) is 24.1 Å². The average molecular weight is 353 g/mol. The first-order chi connectivity index (χ1) is 13.3. The molecule has 2 aromatic heterocycles. The SMILES string of the molecule is COc1ccc(CCC#Cc2ccn(-c3ccc4cnccc4c3)n2)cc1. The Kier molecular flexibility index (Phi) is 4.84. The first-order valence-electron chi connectivity index (χ1n) is 8.83. The molecule has 4 nitrogen and oxygen atoms in total. The monoisotopic (exact) mass is 353 g/mol. The van der Waals surface area contributed by atoms with Gasteiger partial charge in [0.1, 0.15) is 11.4 Å². The molecule has 0 atom stereocenters. The molecule has 4 rings (SSSR count). The molecule has 0 aliphatic rings. The summed E-state index contributed by atoms with van der Waals surface area (Å²) in [6, 6.07) is 18.2. The predicted molar refractivity (Wildman–Crippen MR) is 107 cm³/mol. The molecule has 0 unspecified atom stereocenters. The summed E-state index contributed by atoms with van der Waals surface area (Å²) in [7, 11) is 1.68. The first-order valence-corrected chi connectivity index (χ1v) is 8.83. The predicted octanol–water partition coefficient (Wildman–Crippen LogP) is 4.41. The van der Waals surface area contributed by atoms with E-state index in [-0.39, 0.29) is 0 Å². The summed E-state index contributed by atoms with van der Waals surface area (Å²) in [6.07, 6.45) is 7.31. The molecule has 132 valence electrons. The number of rotatable bonds is 4. The molecule has 0 aliphatic carbocycles. The lowest BCUT2D eigenvalue weighted by atomic mass is 10.1. The van der Waals surface area contributed by atoms with E-state index in [1.54, 1.807) is 13.3 Å². The lowest BCUT2D eigenvalue weighted by Crippen LogP contribution is -1.95. The van der Waals surface area contributed by atoms with Crippen LogP contribution in [0.2, 0.25) is 0 Å². The molecule has 4 heteroatoms. The van der Waals surface area contributed by atoms with Crippen LogP contribution >= 0.6 is 0 Å². The molecule has 0 N–H and O–H groups in total. The molecule has 0 aliphatic heterocycles. The number of aromatic nitrogens is 3. The van der Waals surface area contributed by atoms with Crippen LogP contribution < -0.4 is 4.74 Å². The topological polar surface area (TPSA) is 39.9 Å². The second-order valence-corrected chi connectivity index (χ2v) is 6.20. The minimum Gasteiger partial charge on any atom is -0.497 e. The normalized spacial score (nSPS) is 10.4. The molecule has 4 aromatic rings. The Morgan fingerprint density at radius 2 is 1.89 bits per heavy atom. The van der Waals surface area contributed by atoms with Gasteiger partial charge < -0.3 is 4.74 Å². The van der Waals surface area contributed by atoms with Gasteiger partial charge >= 0.3 is 0 Å². The number of pyridine rings is 1. The van der Waals surface area contributed by atoms with Crippen LogP contribution in [0.3, 0.4) is 0 Å². The summed E-state index contributed by atoms with van der Waals surface area (Å²) < 4.78 is 7.03. The number of hydrogen-bond donors (Lipinski definition) is 0. The van der Waals surface area contributed by atoms with E-state index in [4.69, 9.17) is 4.74 Å². The molecule has 0 amide bonds. The van der Waals surface area contributed by atoms with Crippen molar-refractivity contribution in [2.45, 2.75) is 12.8 Å². The van der Waals surface area contributed by atoms with Gasteiger partial charge in [0.25, 0.3) is 0 Å². The molecule has 0 radical (unpaired) electrons. The minimum atomic E-state index is 0.777. The molecule has 2 heterocycles. The molecule has 2 aromatic carbocycles. The molecular weight excluding hydrogens is 334 g/mol. The van der Waals surface area contributed by atoms with Gasteiger partial charge in [-0.05, 0) is 59.7 Å². The van der Waals surface area contributed by atoms with Crippen LogP contribution in [0.25, 0.3) is 16.5 Å². The van der Waals surface area contributed by atoms with Crippen molar-refractivity contribution in [1.29, 1.82) is 0 Å². The van der Waals surface area contributed by atoms with E-state index in [0.717, 1.165) is 40.7 Å². The van der Waals surface area contributed by atoms with E-state index in [1.807, 2.05) is 47.4 Å². The van der Waals surface area contributed by atoms with Crippen LogP contribution in [0.1, 0.15) is 17.7 Å². The minimum absolute atomic E-state index is 0.777. The Labute approximate surface area is 158 Å². The number of benzene rings is 2. The van der Waals surface area contributed by atoms with E-state index in [0.29, 0.717) is 0 Å². The van der Waals surface area contributed by atoms with Crippen molar-refractivity contribution < 1.29 is 4.74 Å². The third kappa shape index (κ3) is 3.99. The first kappa shape index (κ1) is 16.9. The zero-order valence-corrected chi connectivity index (χ0v) is 15.1. The second-order valence-electron chi connectivity index (χ2n) is 6.20.